The van der Waals surface area contributed by atoms with Crippen LogP contribution in [0.25, 0.3) is 22.3 Å². The van der Waals surface area contributed by atoms with Crippen LogP contribution in [-0.2, 0) is 0 Å². The van der Waals surface area contributed by atoms with Crippen LogP contribution in [0.3, 0.4) is 0 Å². The number of halogens is 2. The van der Waals surface area contributed by atoms with Gasteiger partial charge in [-0.3, -0.25) is 0 Å². The van der Waals surface area contributed by atoms with E-state index in [9.17, 15) is 8.78 Å². The number of pyridine rings is 1. The summed E-state index contributed by atoms with van der Waals surface area (Å²) in [5, 5.41) is 6.53. The number of aromatic nitrogens is 5. The molecule has 1 aromatic carbocycles. The summed E-state index contributed by atoms with van der Waals surface area (Å²) in [6.45, 7) is 11.4. The Labute approximate surface area is 227 Å². The Bertz CT molecular complexity index is 1440. The van der Waals surface area contributed by atoms with Gasteiger partial charge in [0.1, 0.15) is 22.9 Å². The van der Waals surface area contributed by atoms with Gasteiger partial charge in [-0.05, 0) is 90.0 Å². The van der Waals surface area contributed by atoms with Crippen molar-refractivity contribution in [3.8, 4) is 11.3 Å². The molecule has 0 spiro atoms. The first-order valence-corrected chi connectivity index (χ1v) is 13.6. The molecule has 4 aromatic rings. The second-order valence-electron chi connectivity index (χ2n) is 10.5. The number of nitrogens with zero attached hydrogens (tertiary/aromatic N) is 6. The first-order chi connectivity index (χ1) is 18.8. The van der Waals surface area contributed by atoms with E-state index in [1.54, 1.807) is 6.07 Å². The van der Waals surface area contributed by atoms with E-state index >= 15 is 0 Å². The molecule has 5 rings (SSSR count). The molecule has 0 unspecified atom stereocenters. The normalized spacial score (nSPS) is 15.8. The molecule has 10 heteroatoms. The molecule has 206 valence electrons. The van der Waals surface area contributed by atoms with Crippen molar-refractivity contribution in [2.75, 3.05) is 32.0 Å². The van der Waals surface area contributed by atoms with E-state index in [2.05, 4.69) is 42.4 Å². The van der Waals surface area contributed by atoms with Crippen molar-refractivity contribution < 1.29 is 8.78 Å². The molecule has 0 bridgehead atoms. The summed E-state index contributed by atoms with van der Waals surface area (Å²) in [6.07, 6.45) is 5.25. The predicted molar refractivity (Wildman–Crippen MR) is 150 cm³/mol. The standard InChI is InChI=1S/C29H36F2N8/c1-6-38-11-9-19(10-12-38)26(32-5)20-7-8-25(33-15-20)36-29-34-16-23(31)27(37-29)21-13-22(30)28-24(14-21)39(17(2)3)18(4)35-28/h7-8,13-17,19,26,32H,6,9-12H2,1-5H3,(H,33,34,36,37)/t26-/m1/s1. The van der Waals surface area contributed by atoms with Crippen LogP contribution in [0.5, 0.6) is 0 Å². The number of fused-ring (bicyclic) bond motifs is 1. The van der Waals surface area contributed by atoms with Gasteiger partial charge in [0, 0.05) is 23.8 Å². The average Bonchev–Trinajstić information content (AvgIpc) is 3.28. The third kappa shape index (κ3) is 5.49. The summed E-state index contributed by atoms with van der Waals surface area (Å²) in [6, 6.07) is 7.22. The highest BCUT2D eigenvalue weighted by molar-refractivity contribution is 5.83. The number of benzene rings is 1. The van der Waals surface area contributed by atoms with E-state index < -0.39 is 11.6 Å². The van der Waals surface area contributed by atoms with Gasteiger partial charge >= 0.3 is 0 Å². The van der Waals surface area contributed by atoms with Crippen LogP contribution >= 0.6 is 0 Å². The fraction of sp³-hybridized carbons (Fsp3) is 0.448. The molecule has 1 atom stereocenters. The van der Waals surface area contributed by atoms with Gasteiger partial charge in [0.05, 0.1) is 11.7 Å². The van der Waals surface area contributed by atoms with Crippen molar-refractivity contribution in [1.29, 1.82) is 0 Å². The summed E-state index contributed by atoms with van der Waals surface area (Å²) in [5.74, 6) is 0.813. The minimum absolute atomic E-state index is 0.00717. The van der Waals surface area contributed by atoms with Crippen LogP contribution in [0.2, 0.25) is 0 Å². The van der Waals surface area contributed by atoms with Crippen LogP contribution < -0.4 is 10.6 Å². The highest BCUT2D eigenvalue weighted by Crippen LogP contribution is 2.32. The number of imidazole rings is 1. The van der Waals surface area contributed by atoms with Crippen molar-refractivity contribution in [3.05, 3.63) is 59.7 Å². The summed E-state index contributed by atoms with van der Waals surface area (Å²) in [5.41, 5.74) is 2.31. The molecular formula is C29H36F2N8. The Hall–Kier alpha value is -3.50. The molecule has 3 aromatic heterocycles. The second kappa shape index (κ2) is 11.3. The smallest absolute Gasteiger partial charge is 0.229 e. The molecule has 0 radical (unpaired) electrons. The lowest BCUT2D eigenvalue weighted by Gasteiger charge is -2.35. The molecular weight excluding hydrogens is 498 g/mol. The highest BCUT2D eigenvalue weighted by Gasteiger charge is 2.26. The molecule has 0 saturated carbocycles. The lowest BCUT2D eigenvalue weighted by Crippen LogP contribution is -2.38. The number of hydrogen-bond acceptors (Lipinski definition) is 7. The van der Waals surface area contributed by atoms with Gasteiger partial charge in [0.15, 0.2) is 11.6 Å². The van der Waals surface area contributed by atoms with Gasteiger partial charge in [-0.2, -0.15) is 0 Å². The van der Waals surface area contributed by atoms with Gasteiger partial charge < -0.3 is 20.1 Å². The molecule has 8 nitrogen and oxygen atoms in total. The monoisotopic (exact) mass is 534 g/mol. The highest BCUT2D eigenvalue weighted by atomic mass is 19.1. The lowest BCUT2D eigenvalue weighted by atomic mass is 9.86. The lowest BCUT2D eigenvalue weighted by molar-refractivity contribution is 0.167. The minimum atomic E-state index is -0.638. The summed E-state index contributed by atoms with van der Waals surface area (Å²) in [7, 11) is 1.99. The van der Waals surface area contributed by atoms with Gasteiger partial charge in [-0.15, -0.1) is 0 Å². The number of anilines is 2. The minimum Gasteiger partial charge on any atom is -0.326 e. The van der Waals surface area contributed by atoms with Crippen molar-refractivity contribution in [3.63, 3.8) is 0 Å². The van der Waals surface area contributed by atoms with Crippen molar-refractivity contribution in [2.45, 2.75) is 52.6 Å². The average molecular weight is 535 g/mol. The Kier molecular flexibility index (Phi) is 7.86. The molecule has 1 fully saturated rings. The van der Waals surface area contributed by atoms with Crippen LogP contribution in [0.1, 0.15) is 57.1 Å². The zero-order valence-corrected chi connectivity index (χ0v) is 23.2. The zero-order valence-electron chi connectivity index (χ0n) is 23.2. The molecule has 0 amide bonds. The Balaban J connectivity index is 1.38. The van der Waals surface area contributed by atoms with Crippen molar-refractivity contribution in [2.24, 2.45) is 5.92 Å². The fourth-order valence-electron chi connectivity index (χ4n) is 5.74. The zero-order chi connectivity index (χ0) is 27.7. The summed E-state index contributed by atoms with van der Waals surface area (Å²) >= 11 is 0. The number of likely N-dealkylation sites (tertiary alicyclic amines) is 1. The van der Waals surface area contributed by atoms with Crippen LogP contribution in [0.4, 0.5) is 20.5 Å². The van der Waals surface area contributed by atoms with Crippen molar-refractivity contribution >= 4 is 22.8 Å². The maximum absolute atomic E-state index is 15.0. The van der Waals surface area contributed by atoms with E-state index in [0.29, 0.717) is 28.6 Å². The fourth-order valence-corrected chi connectivity index (χ4v) is 5.74. The first kappa shape index (κ1) is 27.1. The SMILES string of the molecule is CCN1CCC([C@@H](NC)c2ccc(Nc3ncc(F)c(-c4cc(F)c5nc(C)n(C(C)C)c5c4)n3)nc2)CC1. The van der Waals surface area contributed by atoms with Crippen LogP contribution in [0.15, 0.2) is 36.7 Å². The van der Waals surface area contributed by atoms with Gasteiger partial charge in [-0.25, -0.2) is 28.7 Å². The number of rotatable bonds is 8. The molecule has 2 N–H and O–H groups in total. The van der Waals surface area contributed by atoms with Gasteiger partial charge in [0.25, 0.3) is 0 Å². The summed E-state index contributed by atoms with van der Waals surface area (Å²) < 4.78 is 31.8. The molecule has 1 aliphatic heterocycles. The number of nitrogens with one attached hydrogen (secondary N) is 2. The molecule has 4 heterocycles. The predicted octanol–water partition coefficient (Wildman–Crippen LogP) is 5.79. The topological polar surface area (TPSA) is 83.8 Å². The van der Waals surface area contributed by atoms with Crippen LogP contribution in [0, 0.1) is 24.5 Å². The third-order valence-electron chi connectivity index (χ3n) is 7.71. The van der Waals surface area contributed by atoms with E-state index in [0.717, 1.165) is 44.2 Å². The van der Waals surface area contributed by atoms with E-state index in [1.807, 2.05) is 50.7 Å². The largest absolute Gasteiger partial charge is 0.326 e. The maximum Gasteiger partial charge on any atom is 0.229 e. The van der Waals surface area contributed by atoms with Crippen LogP contribution in [-0.4, -0.2) is 56.1 Å². The molecule has 0 aliphatic carbocycles. The Morgan fingerprint density at radius 2 is 1.79 bits per heavy atom. The Morgan fingerprint density at radius 3 is 2.44 bits per heavy atom. The van der Waals surface area contributed by atoms with Gasteiger partial charge in [-0.1, -0.05) is 13.0 Å². The van der Waals surface area contributed by atoms with Gasteiger partial charge in [0.2, 0.25) is 5.95 Å². The first-order valence-electron chi connectivity index (χ1n) is 13.6. The van der Waals surface area contributed by atoms with E-state index in [-0.39, 0.29) is 29.2 Å². The van der Waals surface area contributed by atoms with E-state index in [4.69, 9.17) is 0 Å². The van der Waals surface area contributed by atoms with E-state index in [1.165, 1.54) is 6.07 Å². The van der Waals surface area contributed by atoms with Crippen molar-refractivity contribution in [1.82, 2.24) is 34.7 Å². The quantitative estimate of drug-likeness (QED) is 0.296. The molecule has 39 heavy (non-hydrogen) atoms. The molecule has 1 saturated heterocycles. The number of aryl methyl sites for hydroxylation is 1. The number of hydrogen-bond donors (Lipinski definition) is 2. The maximum atomic E-state index is 15.0. The Morgan fingerprint density at radius 1 is 1.03 bits per heavy atom. The third-order valence-corrected chi connectivity index (χ3v) is 7.71. The summed E-state index contributed by atoms with van der Waals surface area (Å²) in [4.78, 5) is 19.9. The number of piperidine rings is 1. The molecule has 1 aliphatic rings. The second-order valence-corrected chi connectivity index (χ2v) is 10.5.